The van der Waals surface area contributed by atoms with Gasteiger partial charge >= 0.3 is 5.97 Å². The molecule has 0 aliphatic rings. The van der Waals surface area contributed by atoms with Gasteiger partial charge < -0.3 is 10.4 Å². The van der Waals surface area contributed by atoms with Gasteiger partial charge in [-0.3, -0.25) is 0 Å². The minimum atomic E-state index is -1.28. The van der Waals surface area contributed by atoms with Crippen molar-refractivity contribution in [1.82, 2.24) is 0 Å². The molecule has 19 heavy (non-hydrogen) atoms. The summed E-state index contributed by atoms with van der Waals surface area (Å²) in [4.78, 5) is 10.8. The molecular weight excluding hydrogens is 269 g/mol. The zero-order valence-electron chi connectivity index (χ0n) is 9.86. The summed E-state index contributed by atoms with van der Waals surface area (Å²) in [6, 6.07) is 11.2. The number of aromatic carboxylic acids is 1. The van der Waals surface area contributed by atoms with Gasteiger partial charge in [-0.2, -0.15) is 0 Å². The van der Waals surface area contributed by atoms with Crippen LogP contribution in [0.4, 0.5) is 10.1 Å². The maximum Gasteiger partial charge on any atom is 0.338 e. The van der Waals surface area contributed by atoms with E-state index in [1.807, 2.05) is 12.1 Å². The van der Waals surface area contributed by atoms with Crippen LogP contribution in [-0.4, -0.2) is 11.1 Å². The first-order valence-corrected chi connectivity index (χ1v) is 5.95. The first kappa shape index (κ1) is 13.4. The summed E-state index contributed by atoms with van der Waals surface area (Å²) in [5.41, 5.74) is 1.19. The number of hydrogen-bond acceptors (Lipinski definition) is 2. The lowest BCUT2D eigenvalue weighted by Crippen LogP contribution is -2.04. The van der Waals surface area contributed by atoms with Crippen LogP contribution in [0.15, 0.2) is 42.5 Å². The molecule has 0 aliphatic carbocycles. The molecule has 0 amide bonds. The van der Waals surface area contributed by atoms with Crippen LogP contribution in [0, 0.1) is 5.82 Å². The van der Waals surface area contributed by atoms with Crippen molar-refractivity contribution < 1.29 is 14.3 Å². The smallest absolute Gasteiger partial charge is 0.338 e. The third kappa shape index (κ3) is 3.45. The Morgan fingerprint density at radius 1 is 1.21 bits per heavy atom. The van der Waals surface area contributed by atoms with Crippen LogP contribution < -0.4 is 5.32 Å². The van der Waals surface area contributed by atoms with E-state index in [0.717, 1.165) is 11.6 Å². The van der Waals surface area contributed by atoms with Gasteiger partial charge in [0.15, 0.2) is 0 Å². The molecular formula is C14H11ClFNO2. The van der Waals surface area contributed by atoms with Gasteiger partial charge in [0.05, 0.1) is 5.56 Å². The predicted molar refractivity (Wildman–Crippen MR) is 72.1 cm³/mol. The van der Waals surface area contributed by atoms with Gasteiger partial charge in [-0.1, -0.05) is 23.7 Å². The monoisotopic (exact) mass is 279 g/mol. The number of benzene rings is 2. The maximum absolute atomic E-state index is 13.2. The van der Waals surface area contributed by atoms with Crippen molar-refractivity contribution in [2.75, 3.05) is 5.32 Å². The summed E-state index contributed by atoms with van der Waals surface area (Å²) >= 11 is 5.77. The zero-order valence-corrected chi connectivity index (χ0v) is 10.6. The second-order valence-corrected chi connectivity index (χ2v) is 4.42. The summed E-state index contributed by atoms with van der Waals surface area (Å²) < 4.78 is 13.2. The van der Waals surface area contributed by atoms with Crippen LogP contribution in [-0.2, 0) is 6.54 Å². The minimum absolute atomic E-state index is 0.346. The van der Waals surface area contributed by atoms with Crippen molar-refractivity contribution in [1.29, 1.82) is 0 Å². The molecule has 0 atom stereocenters. The highest BCUT2D eigenvalue weighted by Gasteiger charge is 2.10. The predicted octanol–water partition coefficient (Wildman–Crippen LogP) is 3.79. The van der Waals surface area contributed by atoms with Crippen LogP contribution in [0.1, 0.15) is 15.9 Å². The summed E-state index contributed by atoms with van der Waals surface area (Å²) in [6.07, 6.45) is 0. The number of carboxylic acids is 1. The summed E-state index contributed by atoms with van der Waals surface area (Å²) in [6.45, 7) is 0.502. The number of carboxylic acid groups (broad SMARTS) is 1. The van der Waals surface area contributed by atoms with Crippen molar-refractivity contribution in [2.45, 2.75) is 6.54 Å². The fourth-order valence-corrected chi connectivity index (χ4v) is 1.73. The molecule has 0 aliphatic heterocycles. The highest BCUT2D eigenvalue weighted by Crippen LogP contribution is 2.16. The summed E-state index contributed by atoms with van der Waals surface area (Å²) in [7, 11) is 0. The number of anilines is 1. The molecule has 5 heteroatoms. The van der Waals surface area contributed by atoms with Crippen molar-refractivity contribution in [3.05, 3.63) is 64.4 Å². The second kappa shape index (κ2) is 5.71. The topological polar surface area (TPSA) is 49.3 Å². The van der Waals surface area contributed by atoms with Crippen LogP contribution in [0.3, 0.4) is 0 Å². The molecule has 2 aromatic carbocycles. The van der Waals surface area contributed by atoms with E-state index in [-0.39, 0.29) is 5.56 Å². The normalized spacial score (nSPS) is 10.2. The van der Waals surface area contributed by atoms with E-state index in [1.165, 1.54) is 12.1 Å². The highest BCUT2D eigenvalue weighted by molar-refractivity contribution is 6.30. The van der Waals surface area contributed by atoms with Gasteiger partial charge in [0.2, 0.25) is 0 Å². The fourth-order valence-electron chi connectivity index (χ4n) is 1.61. The van der Waals surface area contributed by atoms with Crippen LogP contribution in [0.25, 0.3) is 0 Å². The van der Waals surface area contributed by atoms with Crippen molar-refractivity contribution in [3.8, 4) is 0 Å². The average molecular weight is 280 g/mol. The summed E-state index contributed by atoms with van der Waals surface area (Å²) in [5.74, 6) is -2.03. The molecule has 0 fully saturated rings. The Hall–Kier alpha value is -2.07. The Morgan fingerprint density at radius 2 is 1.89 bits per heavy atom. The highest BCUT2D eigenvalue weighted by atomic mass is 35.5. The van der Waals surface area contributed by atoms with Gasteiger partial charge in [0.25, 0.3) is 0 Å². The molecule has 98 valence electrons. The Morgan fingerprint density at radius 3 is 2.53 bits per heavy atom. The van der Waals surface area contributed by atoms with E-state index in [4.69, 9.17) is 16.7 Å². The largest absolute Gasteiger partial charge is 0.478 e. The van der Waals surface area contributed by atoms with Gasteiger partial charge in [0, 0.05) is 17.3 Å². The van der Waals surface area contributed by atoms with E-state index in [1.54, 1.807) is 12.1 Å². The van der Waals surface area contributed by atoms with Crippen molar-refractivity contribution in [3.63, 3.8) is 0 Å². The molecule has 2 N–H and O–H groups in total. The van der Waals surface area contributed by atoms with Crippen LogP contribution in [0.5, 0.6) is 0 Å². The molecule has 3 nitrogen and oxygen atoms in total. The molecule has 2 rings (SSSR count). The zero-order chi connectivity index (χ0) is 13.8. The Bertz CT molecular complexity index is 599. The second-order valence-electron chi connectivity index (χ2n) is 3.98. The maximum atomic E-state index is 13.2. The Balaban J connectivity index is 2.09. The first-order chi connectivity index (χ1) is 9.06. The average Bonchev–Trinajstić information content (AvgIpc) is 2.39. The van der Waals surface area contributed by atoms with Crippen molar-refractivity contribution in [2.24, 2.45) is 0 Å². The Labute approximate surface area is 114 Å². The quantitative estimate of drug-likeness (QED) is 0.895. The van der Waals surface area contributed by atoms with Gasteiger partial charge in [-0.25, -0.2) is 9.18 Å². The lowest BCUT2D eigenvalue weighted by molar-refractivity contribution is 0.0692. The van der Waals surface area contributed by atoms with E-state index in [9.17, 15) is 9.18 Å². The SMILES string of the molecule is O=C(O)c1cc(NCc2ccc(Cl)cc2)ccc1F. The standard InChI is InChI=1S/C14H11ClFNO2/c15-10-3-1-9(2-4-10)8-17-11-5-6-13(16)12(7-11)14(18)19/h1-7,17H,8H2,(H,18,19). The fraction of sp³-hybridized carbons (Fsp3) is 0.0714. The third-order valence-corrected chi connectivity index (χ3v) is 2.86. The lowest BCUT2D eigenvalue weighted by atomic mass is 10.1. The van der Waals surface area contributed by atoms with Gasteiger partial charge in [-0.05, 0) is 35.9 Å². The number of nitrogens with one attached hydrogen (secondary N) is 1. The van der Waals surface area contributed by atoms with Crippen LogP contribution in [0.2, 0.25) is 5.02 Å². The molecule has 0 saturated carbocycles. The number of halogens is 2. The first-order valence-electron chi connectivity index (χ1n) is 5.57. The van der Waals surface area contributed by atoms with Gasteiger partial charge in [0.1, 0.15) is 5.82 Å². The van der Waals surface area contributed by atoms with Crippen LogP contribution >= 0.6 is 11.6 Å². The molecule has 0 unspecified atom stereocenters. The van der Waals surface area contributed by atoms with E-state index < -0.39 is 11.8 Å². The lowest BCUT2D eigenvalue weighted by Gasteiger charge is -2.08. The van der Waals surface area contributed by atoms with E-state index >= 15 is 0 Å². The molecule has 0 spiro atoms. The summed E-state index contributed by atoms with van der Waals surface area (Å²) in [5, 5.41) is 12.5. The van der Waals surface area contributed by atoms with Crippen molar-refractivity contribution >= 4 is 23.3 Å². The van der Waals surface area contributed by atoms with E-state index in [0.29, 0.717) is 17.3 Å². The molecule has 0 bridgehead atoms. The molecule has 2 aromatic rings. The molecule has 0 saturated heterocycles. The molecule has 0 radical (unpaired) electrons. The van der Waals surface area contributed by atoms with E-state index in [2.05, 4.69) is 5.32 Å². The third-order valence-electron chi connectivity index (χ3n) is 2.61. The minimum Gasteiger partial charge on any atom is -0.478 e. The molecule has 0 heterocycles. The number of hydrogen-bond donors (Lipinski definition) is 2. The number of rotatable bonds is 4. The van der Waals surface area contributed by atoms with Gasteiger partial charge in [-0.15, -0.1) is 0 Å². The Kier molecular flexibility index (Phi) is 4.02. The number of carbonyl (C=O) groups is 1. The molecule has 0 aromatic heterocycles.